The highest BCUT2D eigenvalue weighted by atomic mass is 19.4. The van der Waals surface area contributed by atoms with Gasteiger partial charge in [-0.2, -0.15) is 13.2 Å². The summed E-state index contributed by atoms with van der Waals surface area (Å²) < 4.78 is 43.0. The van der Waals surface area contributed by atoms with Crippen LogP contribution < -0.4 is 10.1 Å². The van der Waals surface area contributed by atoms with Crippen LogP contribution in [0.15, 0.2) is 48.5 Å². The van der Waals surface area contributed by atoms with Gasteiger partial charge in [0, 0.05) is 11.1 Å². The van der Waals surface area contributed by atoms with Crippen molar-refractivity contribution < 1.29 is 22.7 Å². The lowest BCUT2D eigenvalue weighted by atomic mass is 10.1. The Morgan fingerprint density at radius 2 is 1.77 bits per heavy atom. The average molecular weight is 360 g/mol. The number of alkyl halides is 3. The van der Waals surface area contributed by atoms with Gasteiger partial charge < -0.3 is 10.1 Å². The number of amides is 1. The van der Waals surface area contributed by atoms with E-state index in [4.69, 9.17) is 4.74 Å². The first-order valence-corrected chi connectivity index (χ1v) is 7.72. The molecule has 2 aromatic carbocycles. The molecule has 4 nitrogen and oxygen atoms in total. The van der Waals surface area contributed by atoms with Crippen LogP contribution in [0.3, 0.4) is 0 Å². The molecule has 7 heteroatoms. The first kappa shape index (κ1) is 17.7. The maximum Gasteiger partial charge on any atom is 0.416 e. The second-order valence-electron chi connectivity index (χ2n) is 5.71. The number of hydrogen-bond donors (Lipinski definition) is 1. The molecular weight excluding hydrogens is 345 g/mol. The van der Waals surface area contributed by atoms with Gasteiger partial charge in [0.25, 0.3) is 5.91 Å². The fourth-order valence-electron chi connectivity index (χ4n) is 2.55. The quantitative estimate of drug-likeness (QED) is 0.728. The topological polar surface area (TPSA) is 51.2 Å². The summed E-state index contributed by atoms with van der Waals surface area (Å²) in [6, 6.07) is 11.3. The number of carbonyl (C=O) groups is 1. The molecular formula is C19H15F3N2O2. The molecule has 0 aliphatic rings. The summed E-state index contributed by atoms with van der Waals surface area (Å²) in [5.74, 6) is 0.191. The molecule has 0 fully saturated rings. The Bertz CT molecular complexity index is 967. The fourth-order valence-corrected chi connectivity index (χ4v) is 2.55. The van der Waals surface area contributed by atoms with Crippen molar-refractivity contribution in [3.63, 3.8) is 0 Å². The predicted octanol–water partition coefficient (Wildman–Crippen LogP) is 4.82. The molecule has 0 atom stereocenters. The third kappa shape index (κ3) is 3.61. The Kier molecular flexibility index (Phi) is 4.54. The number of ether oxygens (including phenoxy) is 1. The molecule has 0 aliphatic carbocycles. The van der Waals surface area contributed by atoms with E-state index in [1.54, 1.807) is 38.3 Å². The zero-order valence-corrected chi connectivity index (χ0v) is 14.0. The predicted molar refractivity (Wildman–Crippen MR) is 92.4 cm³/mol. The van der Waals surface area contributed by atoms with E-state index in [1.807, 2.05) is 0 Å². The number of halogens is 3. The van der Waals surface area contributed by atoms with E-state index in [-0.39, 0.29) is 5.69 Å². The SMILES string of the molecule is COc1ccc2nc(C)c(C(=O)Nc3ccc(C(F)(F)F)cc3)cc2c1. The van der Waals surface area contributed by atoms with E-state index in [0.717, 1.165) is 23.0 Å². The number of anilines is 1. The average Bonchev–Trinajstić information content (AvgIpc) is 2.60. The second kappa shape index (κ2) is 6.67. The largest absolute Gasteiger partial charge is 0.497 e. The normalized spacial score (nSPS) is 11.4. The van der Waals surface area contributed by atoms with Crippen molar-refractivity contribution >= 4 is 22.5 Å². The molecule has 3 rings (SSSR count). The van der Waals surface area contributed by atoms with Crippen LogP contribution in [-0.2, 0) is 6.18 Å². The molecule has 1 N–H and O–H groups in total. The van der Waals surface area contributed by atoms with Gasteiger partial charge in [-0.05, 0) is 55.5 Å². The maximum absolute atomic E-state index is 12.6. The molecule has 0 aliphatic heterocycles. The van der Waals surface area contributed by atoms with E-state index in [2.05, 4.69) is 10.3 Å². The van der Waals surface area contributed by atoms with Crippen LogP contribution in [0.1, 0.15) is 21.6 Å². The molecule has 26 heavy (non-hydrogen) atoms. The lowest BCUT2D eigenvalue weighted by Crippen LogP contribution is -2.14. The molecule has 0 radical (unpaired) electrons. The van der Waals surface area contributed by atoms with Crippen LogP contribution in [0.25, 0.3) is 10.9 Å². The first-order chi connectivity index (χ1) is 12.3. The van der Waals surface area contributed by atoms with E-state index in [0.29, 0.717) is 17.0 Å². The number of fused-ring (bicyclic) bond motifs is 1. The monoisotopic (exact) mass is 360 g/mol. The summed E-state index contributed by atoms with van der Waals surface area (Å²) in [5, 5.41) is 3.32. The summed E-state index contributed by atoms with van der Waals surface area (Å²) in [4.78, 5) is 16.9. The summed E-state index contributed by atoms with van der Waals surface area (Å²) in [7, 11) is 1.54. The van der Waals surface area contributed by atoms with Gasteiger partial charge in [-0.1, -0.05) is 0 Å². The van der Waals surface area contributed by atoms with Crippen LogP contribution in [0, 0.1) is 6.92 Å². The molecule has 0 bridgehead atoms. The number of carbonyl (C=O) groups excluding carboxylic acids is 1. The van der Waals surface area contributed by atoms with Gasteiger partial charge in [0.1, 0.15) is 5.75 Å². The zero-order chi connectivity index (χ0) is 18.9. The lowest BCUT2D eigenvalue weighted by Gasteiger charge is -2.11. The molecule has 134 valence electrons. The van der Waals surface area contributed by atoms with Gasteiger partial charge in [0.2, 0.25) is 0 Å². The van der Waals surface area contributed by atoms with E-state index >= 15 is 0 Å². The number of nitrogens with one attached hydrogen (secondary N) is 1. The van der Waals surface area contributed by atoms with Crippen LogP contribution in [0.2, 0.25) is 0 Å². The highest BCUT2D eigenvalue weighted by Gasteiger charge is 2.30. The molecule has 1 heterocycles. The molecule has 0 spiro atoms. The van der Waals surface area contributed by atoms with Crippen molar-refractivity contribution in [2.45, 2.75) is 13.1 Å². The molecule has 0 saturated carbocycles. The summed E-state index contributed by atoms with van der Waals surface area (Å²) in [6.45, 7) is 1.70. The maximum atomic E-state index is 12.6. The Morgan fingerprint density at radius 3 is 2.38 bits per heavy atom. The van der Waals surface area contributed by atoms with E-state index in [9.17, 15) is 18.0 Å². The molecule has 1 aromatic heterocycles. The van der Waals surface area contributed by atoms with Crippen LogP contribution >= 0.6 is 0 Å². The van der Waals surface area contributed by atoms with Gasteiger partial charge in [0.15, 0.2) is 0 Å². The van der Waals surface area contributed by atoms with Gasteiger partial charge in [-0.15, -0.1) is 0 Å². The molecule has 0 saturated heterocycles. The smallest absolute Gasteiger partial charge is 0.416 e. The Morgan fingerprint density at radius 1 is 1.08 bits per heavy atom. The number of pyridine rings is 1. The fraction of sp³-hybridized carbons (Fsp3) is 0.158. The number of nitrogens with zero attached hydrogens (tertiary/aromatic N) is 1. The number of benzene rings is 2. The van der Waals surface area contributed by atoms with Crippen molar-refractivity contribution in [2.75, 3.05) is 12.4 Å². The number of aromatic nitrogens is 1. The highest BCUT2D eigenvalue weighted by Crippen LogP contribution is 2.30. The van der Waals surface area contributed by atoms with Gasteiger partial charge in [0.05, 0.1) is 29.4 Å². The van der Waals surface area contributed by atoms with Crippen LogP contribution in [0.4, 0.5) is 18.9 Å². The van der Waals surface area contributed by atoms with Gasteiger partial charge in [-0.3, -0.25) is 9.78 Å². The lowest BCUT2D eigenvalue weighted by molar-refractivity contribution is -0.137. The van der Waals surface area contributed by atoms with Crippen molar-refractivity contribution in [1.82, 2.24) is 4.98 Å². The number of methoxy groups -OCH3 is 1. The van der Waals surface area contributed by atoms with Crippen molar-refractivity contribution in [2.24, 2.45) is 0 Å². The zero-order valence-electron chi connectivity index (χ0n) is 14.0. The molecule has 0 unspecified atom stereocenters. The Labute approximate surface area is 147 Å². The van der Waals surface area contributed by atoms with Gasteiger partial charge >= 0.3 is 6.18 Å². The van der Waals surface area contributed by atoms with Crippen LogP contribution in [0.5, 0.6) is 5.75 Å². The number of aryl methyl sites for hydroxylation is 1. The minimum atomic E-state index is -4.42. The van der Waals surface area contributed by atoms with E-state index in [1.165, 1.54) is 12.1 Å². The highest BCUT2D eigenvalue weighted by molar-refractivity contribution is 6.06. The third-order valence-corrected chi connectivity index (χ3v) is 3.93. The van der Waals surface area contributed by atoms with E-state index < -0.39 is 17.6 Å². The summed E-state index contributed by atoms with van der Waals surface area (Å²) in [6.07, 6.45) is -4.42. The summed E-state index contributed by atoms with van der Waals surface area (Å²) >= 11 is 0. The molecule has 1 amide bonds. The minimum Gasteiger partial charge on any atom is -0.497 e. The third-order valence-electron chi connectivity index (χ3n) is 3.93. The van der Waals surface area contributed by atoms with Gasteiger partial charge in [-0.25, -0.2) is 0 Å². The number of rotatable bonds is 3. The summed E-state index contributed by atoms with van der Waals surface area (Å²) in [5.41, 5.74) is 1.08. The Balaban J connectivity index is 1.88. The Hall–Kier alpha value is -3.09. The van der Waals surface area contributed by atoms with Crippen LogP contribution in [-0.4, -0.2) is 18.0 Å². The van der Waals surface area contributed by atoms with Crippen molar-refractivity contribution in [3.8, 4) is 5.75 Å². The molecule has 3 aromatic rings. The standard InChI is InChI=1S/C19H15F3N2O2/c1-11-16(10-12-9-15(26-2)7-8-17(12)23-11)18(25)24-14-5-3-13(4-6-14)19(20,21)22/h3-10H,1-2H3,(H,24,25). The van der Waals surface area contributed by atoms with Crippen molar-refractivity contribution in [3.05, 3.63) is 65.4 Å². The first-order valence-electron chi connectivity index (χ1n) is 7.72. The van der Waals surface area contributed by atoms with Crippen molar-refractivity contribution in [1.29, 1.82) is 0 Å². The number of hydrogen-bond acceptors (Lipinski definition) is 3. The minimum absolute atomic E-state index is 0.271. The second-order valence-corrected chi connectivity index (χ2v) is 5.71.